The van der Waals surface area contributed by atoms with Gasteiger partial charge in [-0.2, -0.15) is 20.7 Å². The fraction of sp³-hybridized carbons (Fsp3) is 0.304. The molecule has 9 heteroatoms. The van der Waals surface area contributed by atoms with Crippen LogP contribution in [0.25, 0.3) is 33.5 Å². The zero-order valence-electron chi connectivity index (χ0n) is 17.3. The van der Waals surface area contributed by atoms with Crippen LogP contribution in [0.4, 0.5) is 0 Å². The van der Waals surface area contributed by atoms with Crippen LogP contribution in [0.1, 0.15) is 19.3 Å². The predicted octanol–water partition coefficient (Wildman–Crippen LogP) is 2.89. The number of hydrogen-bond donors (Lipinski definition) is 1. The number of fused-ring (bicyclic) bond motifs is 1. The maximum Gasteiger partial charge on any atom is 0.111 e. The van der Waals surface area contributed by atoms with Crippen LogP contribution in [0.3, 0.4) is 0 Å². The molecule has 0 amide bonds. The Morgan fingerprint density at radius 3 is 2.88 bits per heavy atom. The Labute approximate surface area is 184 Å². The van der Waals surface area contributed by atoms with Crippen molar-refractivity contribution in [2.75, 3.05) is 6.61 Å². The number of rotatable bonds is 6. The Kier molecular flexibility index (Phi) is 4.89. The van der Waals surface area contributed by atoms with Gasteiger partial charge in [-0.3, -0.25) is 14.3 Å². The van der Waals surface area contributed by atoms with Crippen LogP contribution in [-0.4, -0.2) is 41.2 Å². The molecule has 0 saturated heterocycles. The van der Waals surface area contributed by atoms with Gasteiger partial charge in [-0.05, 0) is 37.1 Å². The summed E-state index contributed by atoms with van der Waals surface area (Å²) in [5, 5.41) is 37.7. The molecule has 1 N–H and O–H groups in total. The third-order valence-electron chi connectivity index (χ3n) is 6.02. The predicted molar refractivity (Wildman–Crippen MR) is 116 cm³/mol. The van der Waals surface area contributed by atoms with Crippen LogP contribution in [0.2, 0.25) is 0 Å². The smallest absolute Gasteiger partial charge is 0.111 e. The molecule has 0 aliphatic heterocycles. The van der Waals surface area contributed by atoms with Crippen LogP contribution >= 0.6 is 0 Å². The molecule has 0 atom stereocenters. The molecule has 0 unspecified atom stereocenters. The van der Waals surface area contributed by atoms with Crippen molar-refractivity contribution in [3.05, 3.63) is 49.1 Å². The molecular weight excluding hydrogens is 404 g/mol. The quantitative estimate of drug-likeness (QED) is 0.504. The van der Waals surface area contributed by atoms with E-state index in [0.29, 0.717) is 42.9 Å². The third kappa shape index (κ3) is 3.29. The van der Waals surface area contributed by atoms with E-state index in [1.54, 1.807) is 17.1 Å². The lowest BCUT2D eigenvalue weighted by molar-refractivity contribution is 0.0884. The molecule has 0 spiro atoms. The van der Waals surface area contributed by atoms with Crippen molar-refractivity contribution in [2.24, 2.45) is 5.92 Å². The molecule has 0 radical (unpaired) electrons. The van der Waals surface area contributed by atoms with Crippen molar-refractivity contribution in [1.29, 1.82) is 10.5 Å². The molecule has 0 bridgehead atoms. The molecule has 5 rings (SSSR count). The second kappa shape index (κ2) is 7.88. The van der Waals surface area contributed by atoms with Crippen molar-refractivity contribution < 1.29 is 5.11 Å². The van der Waals surface area contributed by atoms with Gasteiger partial charge < -0.3 is 5.11 Å². The minimum Gasteiger partial charge on any atom is -0.394 e. The van der Waals surface area contributed by atoms with Gasteiger partial charge in [-0.15, -0.1) is 0 Å². The van der Waals surface area contributed by atoms with Crippen LogP contribution in [0.5, 0.6) is 0 Å². The zero-order chi connectivity index (χ0) is 22.1. The normalized spacial score (nSPS) is 19.9. The first-order valence-corrected chi connectivity index (χ1v) is 10.4. The van der Waals surface area contributed by atoms with Crippen molar-refractivity contribution in [2.45, 2.75) is 31.3 Å². The van der Waals surface area contributed by atoms with Crippen molar-refractivity contribution >= 4 is 10.9 Å². The number of hydrogen-bond acceptors (Lipinski definition) is 7. The van der Waals surface area contributed by atoms with Gasteiger partial charge in [0.05, 0.1) is 60.6 Å². The van der Waals surface area contributed by atoms with Crippen LogP contribution in [0, 0.1) is 28.6 Å². The second-order valence-corrected chi connectivity index (χ2v) is 8.08. The monoisotopic (exact) mass is 424 g/mol. The first-order valence-electron chi connectivity index (χ1n) is 10.4. The maximum absolute atomic E-state index is 9.34. The van der Waals surface area contributed by atoms with Crippen LogP contribution in [0.15, 0.2) is 49.1 Å². The van der Waals surface area contributed by atoms with E-state index in [9.17, 15) is 10.5 Å². The summed E-state index contributed by atoms with van der Waals surface area (Å²) in [6.45, 7) is 0.418. The van der Waals surface area contributed by atoms with E-state index in [2.05, 4.69) is 22.2 Å². The molecule has 4 aromatic rings. The van der Waals surface area contributed by atoms with Gasteiger partial charge in [0, 0.05) is 29.5 Å². The highest BCUT2D eigenvalue weighted by molar-refractivity contribution is 5.93. The molecule has 32 heavy (non-hydrogen) atoms. The van der Waals surface area contributed by atoms with E-state index in [-0.39, 0.29) is 12.5 Å². The summed E-state index contributed by atoms with van der Waals surface area (Å²) in [6.07, 6.45) is 8.72. The van der Waals surface area contributed by atoms with Gasteiger partial charge in [0.15, 0.2) is 0 Å². The summed E-state index contributed by atoms with van der Waals surface area (Å²) in [7, 11) is 0. The largest absolute Gasteiger partial charge is 0.394 e. The van der Waals surface area contributed by atoms with Crippen molar-refractivity contribution in [1.82, 2.24) is 29.5 Å². The van der Waals surface area contributed by atoms with Gasteiger partial charge in [0.1, 0.15) is 11.4 Å². The van der Waals surface area contributed by atoms with Crippen molar-refractivity contribution in [3.63, 3.8) is 0 Å². The van der Waals surface area contributed by atoms with Gasteiger partial charge in [0.2, 0.25) is 0 Å². The highest BCUT2D eigenvalue weighted by atomic mass is 16.3. The minimum absolute atomic E-state index is 0.00755. The standard InChI is InChI=1S/C23H20N8O/c24-5-4-23(11-16(12-23)13-25)31-7-3-19(29-31)22-18-2-1-6-26-21(18)10-20(28-22)17-14-27-30(15-17)8-9-32/h1-3,6-7,10,14-16,32H,4,8-9,11-12H2. The van der Waals surface area contributed by atoms with Gasteiger partial charge >= 0.3 is 0 Å². The summed E-state index contributed by atoms with van der Waals surface area (Å²) < 4.78 is 3.50. The Balaban J connectivity index is 1.58. The molecule has 158 valence electrons. The first kappa shape index (κ1) is 19.9. The summed E-state index contributed by atoms with van der Waals surface area (Å²) in [6, 6.07) is 12.2. The Hall–Kier alpha value is -4.08. The van der Waals surface area contributed by atoms with Gasteiger partial charge in [-0.25, -0.2) is 4.98 Å². The topological polar surface area (TPSA) is 129 Å². The number of nitrogens with zero attached hydrogens (tertiary/aromatic N) is 8. The number of pyridine rings is 2. The highest BCUT2D eigenvalue weighted by Gasteiger charge is 2.46. The molecule has 1 aliphatic carbocycles. The summed E-state index contributed by atoms with van der Waals surface area (Å²) in [5.74, 6) is -0.0436. The van der Waals surface area contributed by atoms with E-state index >= 15 is 0 Å². The minimum atomic E-state index is -0.440. The Morgan fingerprint density at radius 1 is 1.22 bits per heavy atom. The molecular formula is C23H20N8O. The number of nitriles is 2. The molecule has 1 fully saturated rings. The molecule has 0 aromatic carbocycles. The Bertz CT molecular complexity index is 1370. The molecule has 9 nitrogen and oxygen atoms in total. The highest BCUT2D eigenvalue weighted by Crippen LogP contribution is 2.46. The van der Waals surface area contributed by atoms with E-state index in [0.717, 1.165) is 16.5 Å². The molecule has 1 aliphatic rings. The lowest BCUT2D eigenvalue weighted by Gasteiger charge is -2.43. The number of aliphatic hydroxyl groups is 1. The van der Waals surface area contributed by atoms with E-state index in [4.69, 9.17) is 15.2 Å². The number of aliphatic hydroxyl groups excluding tert-OH is 1. The fourth-order valence-electron chi connectivity index (χ4n) is 4.36. The van der Waals surface area contributed by atoms with Crippen LogP contribution < -0.4 is 0 Å². The second-order valence-electron chi connectivity index (χ2n) is 8.08. The summed E-state index contributed by atoms with van der Waals surface area (Å²) in [5.41, 5.74) is 3.27. The van der Waals surface area contributed by atoms with E-state index < -0.39 is 5.54 Å². The SMILES string of the molecule is N#CCC1(n2ccc(-c3nc(-c4cnn(CCO)c4)cc4ncccc34)n2)CC(C#N)C1. The van der Waals surface area contributed by atoms with Crippen LogP contribution in [-0.2, 0) is 12.1 Å². The summed E-state index contributed by atoms with van der Waals surface area (Å²) >= 11 is 0. The fourth-order valence-corrected chi connectivity index (χ4v) is 4.36. The maximum atomic E-state index is 9.34. The van der Waals surface area contributed by atoms with Gasteiger partial charge in [0.25, 0.3) is 0 Å². The Morgan fingerprint density at radius 2 is 2.09 bits per heavy atom. The zero-order valence-corrected chi connectivity index (χ0v) is 17.3. The first-order chi connectivity index (χ1) is 15.7. The number of aromatic nitrogens is 6. The molecule has 4 aromatic heterocycles. The van der Waals surface area contributed by atoms with E-state index in [1.165, 1.54) is 0 Å². The third-order valence-corrected chi connectivity index (χ3v) is 6.02. The summed E-state index contributed by atoms with van der Waals surface area (Å²) in [4.78, 5) is 9.39. The average Bonchev–Trinajstić information content (AvgIpc) is 3.46. The van der Waals surface area contributed by atoms with E-state index in [1.807, 2.05) is 41.3 Å². The molecule has 1 saturated carbocycles. The molecule has 4 heterocycles. The lowest BCUT2D eigenvalue weighted by atomic mass is 9.67. The lowest BCUT2D eigenvalue weighted by Crippen LogP contribution is -2.46. The average molecular weight is 424 g/mol. The van der Waals surface area contributed by atoms with Gasteiger partial charge in [-0.1, -0.05) is 0 Å². The van der Waals surface area contributed by atoms with Crippen molar-refractivity contribution in [3.8, 4) is 34.8 Å².